The molecular weight excluding hydrogens is 200 g/mol. The standard InChI is InChI=1S/C13H22N2O/c1-5-7-8-9-12(16)13-11(6-2)14-10(3)15(13)4/h6,12,16H,2,5,7-9H2,1,3-4H3. The molecule has 0 saturated heterocycles. The molecule has 1 heterocycles. The summed E-state index contributed by atoms with van der Waals surface area (Å²) in [5, 5.41) is 10.1. The highest BCUT2D eigenvalue weighted by Gasteiger charge is 2.17. The van der Waals surface area contributed by atoms with Crippen LogP contribution >= 0.6 is 0 Å². The van der Waals surface area contributed by atoms with E-state index in [2.05, 4.69) is 18.5 Å². The molecule has 0 aliphatic rings. The lowest BCUT2D eigenvalue weighted by atomic mass is 10.1. The van der Waals surface area contributed by atoms with Crippen molar-refractivity contribution in [2.75, 3.05) is 0 Å². The number of rotatable bonds is 6. The third-order valence-corrected chi connectivity index (χ3v) is 2.98. The summed E-state index contributed by atoms with van der Waals surface area (Å²) in [6, 6.07) is 0. The number of nitrogens with zero attached hydrogens (tertiary/aromatic N) is 2. The molecule has 1 rings (SSSR count). The van der Waals surface area contributed by atoms with Gasteiger partial charge in [0.1, 0.15) is 5.82 Å². The maximum Gasteiger partial charge on any atom is 0.106 e. The van der Waals surface area contributed by atoms with Gasteiger partial charge in [-0.3, -0.25) is 0 Å². The molecule has 0 aromatic carbocycles. The fourth-order valence-corrected chi connectivity index (χ4v) is 1.92. The quantitative estimate of drug-likeness (QED) is 0.751. The van der Waals surface area contributed by atoms with Crippen LogP contribution in [0, 0.1) is 6.92 Å². The van der Waals surface area contributed by atoms with Crippen molar-refractivity contribution in [2.45, 2.75) is 45.6 Å². The summed E-state index contributed by atoms with van der Waals surface area (Å²) in [7, 11) is 1.94. The summed E-state index contributed by atoms with van der Waals surface area (Å²) in [5.41, 5.74) is 1.70. The minimum Gasteiger partial charge on any atom is -0.387 e. The van der Waals surface area contributed by atoms with Gasteiger partial charge in [-0.2, -0.15) is 0 Å². The summed E-state index contributed by atoms with van der Waals surface area (Å²) in [6.07, 6.45) is 5.48. The topological polar surface area (TPSA) is 38.0 Å². The number of aryl methyl sites for hydroxylation is 1. The number of aliphatic hydroxyl groups is 1. The van der Waals surface area contributed by atoms with Crippen LogP contribution in [0.1, 0.15) is 55.9 Å². The number of aromatic nitrogens is 2. The zero-order chi connectivity index (χ0) is 12.1. The molecule has 1 N–H and O–H groups in total. The Morgan fingerprint density at radius 3 is 2.75 bits per heavy atom. The van der Waals surface area contributed by atoms with Crippen molar-refractivity contribution in [1.82, 2.24) is 9.55 Å². The molecule has 90 valence electrons. The highest BCUT2D eigenvalue weighted by molar-refractivity contribution is 5.46. The smallest absolute Gasteiger partial charge is 0.106 e. The van der Waals surface area contributed by atoms with Crippen LogP contribution in [0.2, 0.25) is 0 Å². The van der Waals surface area contributed by atoms with Crippen LogP contribution in [0.5, 0.6) is 0 Å². The zero-order valence-corrected chi connectivity index (χ0v) is 10.5. The molecule has 1 aromatic heterocycles. The first kappa shape index (κ1) is 13.0. The Morgan fingerprint density at radius 1 is 1.50 bits per heavy atom. The second-order valence-corrected chi connectivity index (χ2v) is 4.20. The molecule has 1 aromatic rings. The summed E-state index contributed by atoms with van der Waals surface area (Å²) >= 11 is 0. The molecule has 0 fully saturated rings. The van der Waals surface area contributed by atoms with Gasteiger partial charge in [-0.05, 0) is 19.4 Å². The normalized spacial score (nSPS) is 12.8. The molecule has 16 heavy (non-hydrogen) atoms. The molecule has 0 aliphatic heterocycles. The van der Waals surface area contributed by atoms with Gasteiger partial charge >= 0.3 is 0 Å². The van der Waals surface area contributed by atoms with Crippen LogP contribution in [-0.4, -0.2) is 14.7 Å². The lowest BCUT2D eigenvalue weighted by molar-refractivity contribution is 0.155. The van der Waals surface area contributed by atoms with Crippen molar-refractivity contribution in [1.29, 1.82) is 0 Å². The van der Waals surface area contributed by atoms with E-state index >= 15 is 0 Å². The first-order valence-corrected chi connectivity index (χ1v) is 5.95. The molecule has 0 aliphatic carbocycles. The number of aliphatic hydroxyl groups excluding tert-OH is 1. The number of imidazole rings is 1. The van der Waals surface area contributed by atoms with E-state index in [1.54, 1.807) is 6.08 Å². The highest BCUT2D eigenvalue weighted by atomic mass is 16.3. The molecule has 1 atom stereocenters. The summed E-state index contributed by atoms with van der Waals surface area (Å²) in [4.78, 5) is 4.36. The summed E-state index contributed by atoms with van der Waals surface area (Å²) < 4.78 is 1.95. The van der Waals surface area contributed by atoms with Gasteiger partial charge in [0.15, 0.2) is 0 Å². The monoisotopic (exact) mass is 222 g/mol. The minimum absolute atomic E-state index is 0.425. The largest absolute Gasteiger partial charge is 0.387 e. The molecule has 3 heteroatoms. The second kappa shape index (κ2) is 5.85. The van der Waals surface area contributed by atoms with Crippen LogP contribution in [-0.2, 0) is 7.05 Å². The Labute approximate surface area is 97.8 Å². The van der Waals surface area contributed by atoms with Gasteiger partial charge in [0.2, 0.25) is 0 Å². The average Bonchev–Trinajstić information content (AvgIpc) is 2.55. The van der Waals surface area contributed by atoms with E-state index in [-0.39, 0.29) is 0 Å². The number of hydrogen-bond acceptors (Lipinski definition) is 2. The van der Waals surface area contributed by atoms with E-state index in [1.165, 1.54) is 6.42 Å². The Kier molecular flexibility index (Phi) is 4.74. The van der Waals surface area contributed by atoms with E-state index < -0.39 is 6.10 Å². The number of hydrogen-bond donors (Lipinski definition) is 1. The summed E-state index contributed by atoms with van der Waals surface area (Å²) in [6.45, 7) is 7.84. The minimum atomic E-state index is -0.425. The van der Waals surface area contributed by atoms with E-state index in [0.29, 0.717) is 0 Å². The van der Waals surface area contributed by atoms with Gasteiger partial charge in [-0.15, -0.1) is 0 Å². The fourth-order valence-electron chi connectivity index (χ4n) is 1.92. The van der Waals surface area contributed by atoms with Gasteiger partial charge in [0, 0.05) is 7.05 Å². The predicted octanol–water partition coefficient (Wildman–Crippen LogP) is 2.99. The van der Waals surface area contributed by atoms with Crippen molar-refractivity contribution in [3.8, 4) is 0 Å². The Morgan fingerprint density at radius 2 is 2.19 bits per heavy atom. The van der Waals surface area contributed by atoms with E-state index in [9.17, 15) is 5.11 Å². The van der Waals surface area contributed by atoms with Crippen molar-refractivity contribution < 1.29 is 5.11 Å². The van der Waals surface area contributed by atoms with Crippen molar-refractivity contribution in [3.63, 3.8) is 0 Å². The maximum atomic E-state index is 10.1. The third-order valence-electron chi connectivity index (χ3n) is 2.98. The lowest BCUT2D eigenvalue weighted by Gasteiger charge is -2.12. The van der Waals surface area contributed by atoms with Gasteiger partial charge in [-0.25, -0.2) is 4.98 Å². The van der Waals surface area contributed by atoms with E-state index in [1.807, 2.05) is 18.5 Å². The van der Waals surface area contributed by atoms with Crippen LogP contribution in [0.3, 0.4) is 0 Å². The van der Waals surface area contributed by atoms with Crippen molar-refractivity contribution in [2.24, 2.45) is 7.05 Å². The molecule has 0 amide bonds. The van der Waals surface area contributed by atoms with Crippen molar-refractivity contribution in [3.05, 3.63) is 23.8 Å². The van der Waals surface area contributed by atoms with Gasteiger partial charge in [0.05, 0.1) is 17.5 Å². The van der Waals surface area contributed by atoms with Crippen molar-refractivity contribution >= 4 is 6.08 Å². The van der Waals surface area contributed by atoms with Crippen LogP contribution in [0.4, 0.5) is 0 Å². The highest BCUT2D eigenvalue weighted by Crippen LogP contribution is 2.24. The second-order valence-electron chi connectivity index (χ2n) is 4.20. The van der Waals surface area contributed by atoms with E-state index in [0.717, 1.165) is 36.5 Å². The average molecular weight is 222 g/mol. The Hall–Kier alpha value is -1.09. The first-order chi connectivity index (χ1) is 7.61. The first-order valence-electron chi connectivity index (χ1n) is 5.95. The lowest BCUT2D eigenvalue weighted by Crippen LogP contribution is -2.06. The van der Waals surface area contributed by atoms with Gasteiger partial charge in [0.25, 0.3) is 0 Å². The molecule has 3 nitrogen and oxygen atoms in total. The molecular formula is C13H22N2O. The van der Waals surface area contributed by atoms with Crippen LogP contribution < -0.4 is 0 Å². The molecule has 0 bridgehead atoms. The molecule has 1 unspecified atom stereocenters. The Balaban J connectivity index is 2.80. The zero-order valence-electron chi connectivity index (χ0n) is 10.5. The van der Waals surface area contributed by atoms with E-state index in [4.69, 9.17) is 0 Å². The molecule has 0 saturated carbocycles. The maximum absolute atomic E-state index is 10.1. The van der Waals surface area contributed by atoms with Crippen LogP contribution in [0.15, 0.2) is 6.58 Å². The van der Waals surface area contributed by atoms with Gasteiger partial charge in [-0.1, -0.05) is 32.8 Å². The SMILES string of the molecule is C=Cc1nc(C)n(C)c1C(O)CCCCC. The molecule has 0 spiro atoms. The van der Waals surface area contributed by atoms with Crippen LogP contribution in [0.25, 0.3) is 6.08 Å². The fraction of sp³-hybridized carbons (Fsp3) is 0.615. The third kappa shape index (κ3) is 2.73. The Bertz CT molecular complexity index is 355. The number of unbranched alkanes of at least 4 members (excludes halogenated alkanes) is 2. The van der Waals surface area contributed by atoms with Gasteiger partial charge < -0.3 is 9.67 Å². The summed E-state index contributed by atoms with van der Waals surface area (Å²) in [5.74, 6) is 0.916. The predicted molar refractivity (Wildman–Crippen MR) is 67.1 cm³/mol. The molecule has 0 radical (unpaired) electrons.